The second-order valence-electron chi connectivity index (χ2n) is 3.98. The number of nitrogens with one attached hydrogen (secondary N) is 1. The molecule has 1 rings (SSSR count). The first kappa shape index (κ1) is 16.0. The number of aryl methyl sites for hydroxylation is 1. The van der Waals surface area contributed by atoms with Gasteiger partial charge in [-0.2, -0.15) is 8.78 Å². The van der Waals surface area contributed by atoms with Gasteiger partial charge in [0.05, 0.1) is 5.56 Å². The van der Waals surface area contributed by atoms with Crippen molar-refractivity contribution in [1.29, 1.82) is 0 Å². The minimum Gasteiger partial charge on any atom is -0.507 e. The minimum absolute atomic E-state index is 0.112. The molecule has 0 aliphatic heterocycles. The Kier molecular flexibility index (Phi) is 4.72. The maximum Gasteiger partial charge on any atom is 0.348 e. The van der Waals surface area contributed by atoms with Gasteiger partial charge in [0.2, 0.25) is 0 Å². The fraction of sp³-hybridized carbons (Fsp3) is 0.250. The van der Waals surface area contributed by atoms with Crippen LogP contribution in [0.1, 0.15) is 15.9 Å². The molecule has 8 heteroatoms. The lowest BCUT2D eigenvalue weighted by Gasteiger charge is -2.17. The maximum absolute atomic E-state index is 13.0. The Balaban J connectivity index is 3.20. The third kappa shape index (κ3) is 3.27. The lowest BCUT2D eigenvalue weighted by molar-refractivity contribution is -0.112. The van der Waals surface area contributed by atoms with Crippen LogP contribution in [-0.2, 0) is 0 Å². The summed E-state index contributed by atoms with van der Waals surface area (Å²) in [7, 11) is 0. The molecule has 0 radical (unpaired) electrons. The molecule has 0 fully saturated rings. The van der Waals surface area contributed by atoms with Gasteiger partial charge < -0.3 is 5.11 Å². The van der Waals surface area contributed by atoms with Crippen LogP contribution in [0.4, 0.5) is 17.6 Å². The Morgan fingerprint density at radius 1 is 1.40 bits per heavy atom. The Morgan fingerprint density at radius 3 is 2.50 bits per heavy atom. The third-order valence-electron chi connectivity index (χ3n) is 2.45. The van der Waals surface area contributed by atoms with E-state index in [0.29, 0.717) is 5.56 Å². The molecule has 0 aliphatic rings. The largest absolute Gasteiger partial charge is 0.507 e. The summed E-state index contributed by atoms with van der Waals surface area (Å²) in [5.41, 5.74) is -0.557. The topological polar surface area (TPSA) is 69.6 Å². The van der Waals surface area contributed by atoms with Gasteiger partial charge in [-0.25, -0.2) is 8.78 Å². The highest BCUT2D eigenvalue weighted by atomic mass is 19.3. The summed E-state index contributed by atoms with van der Waals surface area (Å²) in [6.07, 6.45) is -3.99. The predicted molar refractivity (Wildman–Crippen MR) is 61.1 cm³/mol. The average molecular weight is 293 g/mol. The standard InChI is InChI=1S/C12H11F4NO3/c1-6-2-3-8(18)7(4-6)9(19)5-10(17-20)12(15,16)11(13)14/h2-5,11,17-18,20H,1H3/b10-5-. The van der Waals surface area contributed by atoms with E-state index in [-0.39, 0.29) is 11.6 Å². The Hall–Kier alpha value is -2.09. The van der Waals surface area contributed by atoms with Gasteiger partial charge in [0.25, 0.3) is 0 Å². The molecule has 0 spiro atoms. The number of carbonyl (C=O) groups excluding carboxylic acids is 1. The number of benzene rings is 1. The number of rotatable bonds is 5. The number of ketones is 1. The second-order valence-corrected chi connectivity index (χ2v) is 3.98. The van der Waals surface area contributed by atoms with Gasteiger partial charge in [-0.3, -0.25) is 15.5 Å². The van der Waals surface area contributed by atoms with Crippen molar-refractivity contribution in [2.45, 2.75) is 19.3 Å². The van der Waals surface area contributed by atoms with E-state index in [0.717, 1.165) is 11.5 Å². The van der Waals surface area contributed by atoms with Gasteiger partial charge in [0, 0.05) is 6.08 Å². The molecule has 0 atom stereocenters. The van der Waals surface area contributed by atoms with Gasteiger partial charge in [0.15, 0.2) is 5.78 Å². The summed E-state index contributed by atoms with van der Waals surface area (Å²) in [5, 5.41) is 17.9. The molecule has 110 valence electrons. The van der Waals surface area contributed by atoms with Crippen LogP contribution in [0.15, 0.2) is 30.0 Å². The van der Waals surface area contributed by atoms with Crippen molar-refractivity contribution < 1.29 is 32.7 Å². The zero-order chi connectivity index (χ0) is 15.5. The van der Waals surface area contributed by atoms with Crippen LogP contribution in [0.3, 0.4) is 0 Å². The number of allylic oxidation sites excluding steroid dienone is 2. The van der Waals surface area contributed by atoms with Crippen molar-refractivity contribution >= 4 is 5.78 Å². The highest BCUT2D eigenvalue weighted by Gasteiger charge is 2.45. The molecule has 1 aromatic rings. The number of phenols is 1. The molecule has 0 amide bonds. The monoisotopic (exact) mass is 293 g/mol. The molecule has 3 N–H and O–H groups in total. The van der Waals surface area contributed by atoms with Gasteiger partial charge in [-0.1, -0.05) is 11.6 Å². The van der Waals surface area contributed by atoms with Crippen molar-refractivity contribution in [1.82, 2.24) is 5.48 Å². The van der Waals surface area contributed by atoms with E-state index in [1.165, 1.54) is 12.1 Å². The summed E-state index contributed by atoms with van der Waals surface area (Å²) in [6.45, 7) is 1.58. The highest BCUT2D eigenvalue weighted by molar-refractivity contribution is 6.07. The van der Waals surface area contributed by atoms with Crippen LogP contribution < -0.4 is 5.48 Å². The minimum atomic E-state index is -4.72. The van der Waals surface area contributed by atoms with E-state index < -0.39 is 29.6 Å². The van der Waals surface area contributed by atoms with Crippen LogP contribution >= 0.6 is 0 Å². The van der Waals surface area contributed by atoms with Crippen molar-refractivity contribution in [3.8, 4) is 5.75 Å². The molecule has 0 aliphatic carbocycles. The summed E-state index contributed by atoms with van der Waals surface area (Å²) in [6, 6.07) is 3.83. The van der Waals surface area contributed by atoms with Crippen molar-refractivity contribution in [2.75, 3.05) is 0 Å². The van der Waals surface area contributed by atoms with Crippen LogP contribution in [0.5, 0.6) is 5.75 Å². The van der Waals surface area contributed by atoms with Crippen LogP contribution in [0, 0.1) is 6.92 Å². The van der Waals surface area contributed by atoms with E-state index in [1.807, 2.05) is 0 Å². The number of hydroxylamine groups is 1. The first-order chi connectivity index (χ1) is 9.20. The number of hydrogen-bond acceptors (Lipinski definition) is 4. The lowest BCUT2D eigenvalue weighted by atomic mass is 10.0. The molecule has 0 unspecified atom stereocenters. The zero-order valence-electron chi connectivity index (χ0n) is 10.2. The van der Waals surface area contributed by atoms with Crippen molar-refractivity contribution in [3.63, 3.8) is 0 Å². The molecule has 0 aromatic heterocycles. The summed E-state index contributed by atoms with van der Waals surface area (Å²) < 4.78 is 50.3. The highest BCUT2D eigenvalue weighted by Crippen LogP contribution is 2.30. The number of phenolic OH excluding ortho intramolecular Hbond substituents is 1. The summed E-state index contributed by atoms with van der Waals surface area (Å²) in [5.74, 6) is -6.36. The SMILES string of the molecule is Cc1ccc(O)c(C(=O)/C=C(\NO)C(F)(F)C(F)F)c1. The first-order valence-electron chi connectivity index (χ1n) is 5.32. The maximum atomic E-state index is 13.0. The van der Waals surface area contributed by atoms with E-state index in [9.17, 15) is 27.5 Å². The Bertz CT molecular complexity index is 544. The normalized spacial score (nSPS) is 12.7. The molecule has 0 saturated heterocycles. The van der Waals surface area contributed by atoms with E-state index >= 15 is 0 Å². The molecular weight excluding hydrogens is 282 g/mol. The number of alkyl halides is 4. The molecule has 4 nitrogen and oxygen atoms in total. The van der Waals surface area contributed by atoms with Crippen LogP contribution in [0.2, 0.25) is 0 Å². The van der Waals surface area contributed by atoms with E-state index in [2.05, 4.69) is 0 Å². The predicted octanol–water partition coefficient (Wildman–Crippen LogP) is 2.65. The van der Waals surface area contributed by atoms with Gasteiger partial charge in [-0.05, 0) is 19.1 Å². The molecule has 0 saturated carbocycles. The molecule has 0 bridgehead atoms. The number of carbonyl (C=O) groups is 1. The Morgan fingerprint density at radius 2 is 2.00 bits per heavy atom. The van der Waals surface area contributed by atoms with Gasteiger partial charge >= 0.3 is 12.3 Å². The molecule has 0 heterocycles. The average Bonchev–Trinajstić information content (AvgIpc) is 2.37. The third-order valence-corrected chi connectivity index (χ3v) is 2.45. The first-order valence-corrected chi connectivity index (χ1v) is 5.32. The van der Waals surface area contributed by atoms with Crippen LogP contribution in [-0.4, -0.2) is 28.4 Å². The molecule has 1 aromatic carbocycles. The van der Waals surface area contributed by atoms with Crippen molar-refractivity contribution in [3.05, 3.63) is 41.1 Å². The number of aromatic hydroxyl groups is 1. The number of hydrogen-bond donors (Lipinski definition) is 3. The van der Waals surface area contributed by atoms with Gasteiger partial charge in [-0.15, -0.1) is 0 Å². The fourth-order valence-corrected chi connectivity index (χ4v) is 1.38. The summed E-state index contributed by atoms with van der Waals surface area (Å²) >= 11 is 0. The van der Waals surface area contributed by atoms with Crippen LogP contribution in [0.25, 0.3) is 0 Å². The van der Waals surface area contributed by atoms with Gasteiger partial charge in [0.1, 0.15) is 11.4 Å². The quantitative estimate of drug-likeness (QED) is 0.338. The smallest absolute Gasteiger partial charge is 0.348 e. The van der Waals surface area contributed by atoms with E-state index in [4.69, 9.17) is 5.21 Å². The molecular formula is C12H11F4NO3. The lowest BCUT2D eigenvalue weighted by Crippen LogP contribution is -2.35. The number of halogens is 4. The van der Waals surface area contributed by atoms with Crippen molar-refractivity contribution in [2.24, 2.45) is 0 Å². The zero-order valence-corrected chi connectivity index (χ0v) is 10.2. The Labute approximate surface area is 111 Å². The van der Waals surface area contributed by atoms with E-state index in [1.54, 1.807) is 6.92 Å². The molecule has 20 heavy (non-hydrogen) atoms. The second kappa shape index (κ2) is 5.91. The summed E-state index contributed by atoms with van der Waals surface area (Å²) in [4.78, 5) is 11.7. The fourth-order valence-electron chi connectivity index (χ4n) is 1.38.